The normalized spacial score (nSPS) is 12.4. The quantitative estimate of drug-likeness (QED) is 0.781. The van der Waals surface area contributed by atoms with E-state index in [1.54, 1.807) is 11.3 Å². The van der Waals surface area contributed by atoms with Gasteiger partial charge in [0.15, 0.2) is 0 Å². The summed E-state index contributed by atoms with van der Waals surface area (Å²) in [6.45, 7) is 6.08. The molecule has 1 unspecified atom stereocenters. The Kier molecular flexibility index (Phi) is 5.06. The molecule has 0 fully saturated rings. The summed E-state index contributed by atoms with van der Waals surface area (Å²) in [5, 5.41) is 5.15. The lowest BCUT2D eigenvalue weighted by atomic mass is 10.0. The highest BCUT2D eigenvalue weighted by molar-refractivity contribution is 9.10. The number of nitrogens with one attached hydrogen (secondary N) is 1. The van der Waals surface area contributed by atoms with Crippen molar-refractivity contribution in [1.82, 2.24) is 5.32 Å². The summed E-state index contributed by atoms with van der Waals surface area (Å²) < 4.78 is 0.813. The van der Waals surface area contributed by atoms with Crippen LogP contribution in [0.4, 0.5) is 5.69 Å². The van der Waals surface area contributed by atoms with Crippen molar-refractivity contribution in [3.8, 4) is 0 Å². The summed E-state index contributed by atoms with van der Waals surface area (Å²) in [6, 6.07) is 7.69. The van der Waals surface area contributed by atoms with E-state index < -0.39 is 0 Å². The van der Waals surface area contributed by atoms with Gasteiger partial charge < -0.3 is 11.1 Å². The SMILES string of the molecule is Cc1c(N)cc(Br)cc1C(=O)NC(c1cccs1)C(C)C. The molecule has 1 amide bonds. The molecule has 1 atom stereocenters. The first-order valence-electron chi connectivity index (χ1n) is 6.80. The molecule has 0 spiro atoms. The molecule has 0 aliphatic heterocycles. The van der Waals surface area contributed by atoms with Crippen LogP contribution < -0.4 is 11.1 Å². The Hall–Kier alpha value is -1.33. The van der Waals surface area contributed by atoms with E-state index in [9.17, 15) is 4.79 Å². The van der Waals surface area contributed by atoms with Crippen LogP contribution in [0.15, 0.2) is 34.1 Å². The van der Waals surface area contributed by atoms with E-state index >= 15 is 0 Å². The van der Waals surface area contributed by atoms with Gasteiger partial charge in [-0.3, -0.25) is 4.79 Å². The Morgan fingerprint density at radius 1 is 1.38 bits per heavy atom. The number of benzene rings is 1. The molecule has 0 radical (unpaired) electrons. The molecule has 2 aromatic rings. The van der Waals surface area contributed by atoms with Crippen molar-refractivity contribution < 1.29 is 4.79 Å². The summed E-state index contributed by atoms with van der Waals surface area (Å²) in [7, 11) is 0. The summed E-state index contributed by atoms with van der Waals surface area (Å²) in [5.41, 5.74) is 7.98. The first-order chi connectivity index (χ1) is 9.90. The molecule has 0 bridgehead atoms. The van der Waals surface area contributed by atoms with Gasteiger partial charge in [0.25, 0.3) is 5.91 Å². The molecule has 1 aromatic carbocycles. The first-order valence-corrected chi connectivity index (χ1v) is 8.47. The topological polar surface area (TPSA) is 55.1 Å². The predicted octanol–water partition coefficient (Wildman–Crippen LogP) is 4.53. The minimum Gasteiger partial charge on any atom is -0.398 e. The van der Waals surface area contributed by atoms with E-state index in [4.69, 9.17) is 5.73 Å². The van der Waals surface area contributed by atoms with Crippen molar-refractivity contribution in [3.63, 3.8) is 0 Å². The van der Waals surface area contributed by atoms with Gasteiger partial charge in [0.2, 0.25) is 0 Å². The van der Waals surface area contributed by atoms with Crippen LogP contribution in [0.3, 0.4) is 0 Å². The van der Waals surface area contributed by atoms with E-state index in [-0.39, 0.29) is 11.9 Å². The fourth-order valence-corrected chi connectivity index (χ4v) is 3.61. The fraction of sp³-hybridized carbons (Fsp3) is 0.312. The Morgan fingerprint density at radius 2 is 2.10 bits per heavy atom. The summed E-state index contributed by atoms with van der Waals surface area (Å²) in [6.07, 6.45) is 0. The molecule has 112 valence electrons. The van der Waals surface area contributed by atoms with E-state index in [1.807, 2.05) is 30.5 Å². The van der Waals surface area contributed by atoms with Gasteiger partial charge in [-0.15, -0.1) is 11.3 Å². The third-order valence-corrected chi connectivity index (χ3v) is 4.87. The highest BCUT2D eigenvalue weighted by atomic mass is 79.9. The number of halogens is 1. The van der Waals surface area contributed by atoms with Crippen molar-refractivity contribution in [1.29, 1.82) is 0 Å². The molecular formula is C16H19BrN2OS. The lowest BCUT2D eigenvalue weighted by Crippen LogP contribution is -2.31. The van der Waals surface area contributed by atoms with Crippen LogP contribution in [0.25, 0.3) is 0 Å². The van der Waals surface area contributed by atoms with E-state index in [2.05, 4.69) is 41.2 Å². The van der Waals surface area contributed by atoms with Gasteiger partial charge in [-0.2, -0.15) is 0 Å². The van der Waals surface area contributed by atoms with Crippen molar-refractivity contribution in [2.45, 2.75) is 26.8 Å². The molecular weight excluding hydrogens is 348 g/mol. The van der Waals surface area contributed by atoms with Gasteiger partial charge in [0.1, 0.15) is 0 Å². The van der Waals surface area contributed by atoms with E-state index in [0.717, 1.165) is 10.0 Å². The summed E-state index contributed by atoms with van der Waals surface area (Å²) >= 11 is 5.05. The maximum atomic E-state index is 12.6. The largest absolute Gasteiger partial charge is 0.398 e. The smallest absolute Gasteiger partial charge is 0.252 e. The Morgan fingerprint density at radius 3 is 2.67 bits per heavy atom. The molecule has 1 heterocycles. The second-order valence-corrected chi connectivity index (χ2v) is 7.27. The van der Waals surface area contributed by atoms with Crippen LogP contribution in [-0.4, -0.2) is 5.91 Å². The van der Waals surface area contributed by atoms with Crippen LogP contribution >= 0.6 is 27.3 Å². The van der Waals surface area contributed by atoms with Crippen LogP contribution in [0.2, 0.25) is 0 Å². The molecule has 0 aliphatic rings. The van der Waals surface area contributed by atoms with Crippen molar-refractivity contribution >= 4 is 38.9 Å². The zero-order valence-corrected chi connectivity index (χ0v) is 14.7. The molecule has 3 N–H and O–H groups in total. The number of amides is 1. The minimum absolute atomic E-state index is 0.0112. The Bertz CT molecular complexity index is 638. The van der Waals surface area contributed by atoms with Gasteiger partial charge in [-0.25, -0.2) is 0 Å². The lowest BCUT2D eigenvalue weighted by Gasteiger charge is -2.22. The van der Waals surface area contributed by atoms with Gasteiger partial charge in [0.05, 0.1) is 6.04 Å². The first kappa shape index (κ1) is 16.0. The number of nitrogen functional groups attached to an aromatic ring is 1. The Labute approximate surface area is 137 Å². The second-order valence-electron chi connectivity index (χ2n) is 5.38. The number of rotatable bonds is 4. The van der Waals surface area contributed by atoms with E-state index in [0.29, 0.717) is 17.2 Å². The summed E-state index contributed by atoms with van der Waals surface area (Å²) in [4.78, 5) is 13.8. The molecule has 0 aliphatic carbocycles. The van der Waals surface area contributed by atoms with Gasteiger partial charge in [-0.05, 0) is 42.0 Å². The van der Waals surface area contributed by atoms with E-state index in [1.165, 1.54) is 4.88 Å². The average Bonchev–Trinajstić information content (AvgIpc) is 2.93. The lowest BCUT2D eigenvalue weighted by molar-refractivity contribution is 0.0926. The number of nitrogens with two attached hydrogens (primary N) is 1. The molecule has 0 saturated heterocycles. The Balaban J connectivity index is 2.28. The van der Waals surface area contributed by atoms with Gasteiger partial charge in [0, 0.05) is 20.6 Å². The second kappa shape index (κ2) is 6.62. The fourth-order valence-electron chi connectivity index (χ4n) is 2.19. The monoisotopic (exact) mass is 366 g/mol. The molecule has 2 rings (SSSR count). The van der Waals surface area contributed by atoms with Crippen molar-refractivity contribution in [2.24, 2.45) is 5.92 Å². The average molecular weight is 367 g/mol. The standard InChI is InChI=1S/C16H19BrN2OS/c1-9(2)15(14-5-4-6-21-14)19-16(20)12-7-11(17)8-13(18)10(12)3/h4-9,15H,18H2,1-3H3,(H,19,20). The van der Waals surface area contributed by atoms with Crippen LogP contribution in [0.5, 0.6) is 0 Å². The number of hydrogen-bond donors (Lipinski definition) is 2. The predicted molar refractivity (Wildman–Crippen MR) is 92.7 cm³/mol. The van der Waals surface area contributed by atoms with Gasteiger partial charge >= 0.3 is 0 Å². The van der Waals surface area contributed by atoms with Crippen molar-refractivity contribution in [3.05, 3.63) is 50.1 Å². The zero-order chi connectivity index (χ0) is 15.6. The number of hydrogen-bond acceptors (Lipinski definition) is 3. The molecule has 0 saturated carbocycles. The number of carbonyl (C=O) groups excluding carboxylic acids is 1. The van der Waals surface area contributed by atoms with Crippen LogP contribution in [0.1, 0.15) is 40.7 Å². The highest BCUT2D eigenvalue weighted by Gasteiger charge is 2.21. The minimum atomic E-state index is -0.0902. The molecule has 5 heteroatoms. The third-order valence-electron chi connectivity index (χ3n) is 3.46. The third kappa shape index (κ3) is 3.66. The number of carbonyl (C=O) groups is 1. The summed E-state index contributed by atoms with van der Waals surface area (Å²) in [5.74, 6) is 0.227. The van der Waals surface area contributed by atoms with Crippen molar-refractivity contribution in [2.75, 3.05) is 5.73 Å². The maximum absolute atomic E-state index is 12.6. The zero-order valence-electron chi connectivity index (χ0n) is 12.3. The molecule has 1 aromatic heterocycles. The van der Waals surface area contributed by atoms with Gasteiger partial charge in [-0.1, -0.05) is 35.8 Å². The number of anilines is 1. The molecule has 3 nitrogen and oxygen atoms in total. The van der Waals surface area contributed by atoms with Crippen LogP contribution in [-0.2, 0) is 0 Å². The highest BCUT2D eigenvalue weighted by Crippen LogP contribution is 2.28. The maximum Gasteiger partial charge on any atom is 0.252 e. The number of thiophene rings is 1. The van der Waals surface area contributed by atoms with Crippen LogP contribution in [0, 0.1) is 12.8 Å². The molecule has 21 heavy (non-hydrogen) atoms.